The zero-order valence-corrected chi connectivity index (χ0v) is 12.9. The van der Waals surface area contributed by atoms with E-state index in [1.165, 1.54) is 4.57 Å². The first kappa shape index (κ1) is 14.6. The molecule has 0 saturated carbocycles. The van der Waals surface area contributed by atoms with Gasteiger partial charge in [0.05, 0.1) is 13.7 Å². The molecule has 0 unspecified atom stereocenters. The fourth-order valence-electron chi connectivity index (χ4n) is 1.98. The number of benzene rings is 1. The fourth-order valence-corrected chi connectivity index (χ4v) is 2.39. The van der Waals surface area contributed by atoms with Gasteiger partial charge in [-0.05, 0) is 24.6 Å². The predicted molar refractivity (Wildman–Crippen MR) is 80.5 cm³/mol. The van der Waals surface area contributed by atoms with Gasteiger partial charge in [-0.2, -0.15) is 0 Å². The summed E-state index contributed by atoms with van der Waals surface area (Å²) >= 11 is 3.40. The van der Waals surface area contributed by atoms with E-state index in [0.717, 1.165) is 10.0 Å². The number of hydrogen-bond acceptors (Lipinski definition) is 3. The van der Waals surface area contributed by atoms with Gasteiger partial charge in [-0.3, -0.25) is 14.3 Å². The van der Waals surface area contributed by atoms with Gasteiger partial charge in [0.1, 0.15) is 5.75 Å². The quantitative estimate of drug-likeness (QED) is 0.926. The number of nitrogens with zero attached hydrogens (tertiary/aromatic N) is 1. The largest absolute Gasteiger partial charge is 0.496 e. The minimum absolute atomic E-state index is 0.324. The molecule has 0 aliphatic heterocycles. The Morgan fingerprint density at radius 2 is 2.05 bits per heavy atom. The lowest BCUT2D eigenvalue weighted by atomic mass is 10.2. The molecule has 0 amide bonds. The van der Waals surface area contributed by atoms with E-state index in [9.17, 15) is 9.59 Å². The molecule has 0 spiro atoms. The van der Waals surface area contributed by atoms with E-state index in [1.807, 2.05) is 25.1 Å². The topological polar surface area (TPSA) is 64.1 Å². The first-order valence-corrected chi connectivity index (χ1v) is 6.99. The van der Waals surface area contributed by atoms with Crippen molar-refractivity contribution in [3.63, 3.8) is 0 Å². The predicted octanol–water partition coefficient (Wildman–Crippen LogP) is 1.92. The lowest BCUT2D eigenvalue weighted by molar-refractivity contribution is 0.408. The molecule has 0 radical (unpaired) electrons. The summed E-state index contributed by atoms with van der Waals surface area (Å²) in [5, 5.41) is 0. The van der Waals surface area contributed by atoms with Crippen LogP contribution in [0.15, 0.2) is 38.5 Å². The number of methoxy groups -OCH3 is 1. The molecule has 1 aromatic heterocycles. The highest BCUT2D eigenvalue weighted by molar-refractivity contribution is 9.10. The van der Waals surface area contributed by atoms with Crippen molar-refractivity contribution in [3.8, 4) is 5.75 Å². The maximum absolute atomic E-state index is 11.9. The van der Waals surface area contributed by atoms with Crippen LogP contribution in [0.2, 0.25) is 0 Å². The molecule has 2 rings (SSSR count). The average Bonchev–Trinajstić information content (AvgIpc) is 2.42. The maximum Gasteiger partial charge on any atom is 0.328 e. The Morgan fingerprint density at radius 1 is 1.30 bits per heavy atom. The summed E-state index contributed by atoms with van der Waals surface area (Å²) in [4.78, 5) is 25.7. The van der Waals surface area contributed by atoms with E-state index in [0.29, 0.717) is 24.3 Å². The summed E-state index contributed by atoms with van der Waals surface area (Å²) in [6.07, 6.45) is 2.17. The summed E-state index contributed by atoms with van der Waals surface area (Å²) in [5.41, 5.74) is 0.695. The van der Waals surface area contributed by atoms with Gasteiger partial charge in [-0.25, -0.2) is 4.79 Å². The van der Waals surface area contributed by atoms with Crippen LogP contribution in [0.4, 0.5) is 0 Å². The Kier molecular flexibility index (Phi) is 4.44. The minimum atomic E-state index is -0.422. The number of ether oxygens (including phenoxy) is 1. The van der Waals surface area contributed by atoms with Crippen LogP contribution in [-0.4, -0.2) is 16.7 Å². The Bertz CT molecular complexity index is 734. The number of aromatic nitrogens is 2. The van der Waals surface area contributed by atoms with E-state index < -0.39 is 5.69 Å². The van der Waals surface area contributed by atoms with Crippen LogP contribution in [0.3, 0.4) is 0 Å². The smallest absolute Gasteiger partial charge is 0.328 e. The Morgan fingerprint density at radius 3 is 2.70 bits per heavy atom. The van der Waals surface area contributed by atoms with E-state index >= 15 is 0 Å². The summed E-state index contributed by atoms with van der Waals surface area (Å²) in [6.45, 7) is 2.21. The van der Waals surface area contributed by atoms with Crippen LogP contribution in [0.1, 0.15) is 18.1 Å². The molecule has 0 aliphatic rings. The van der Waals surface area contributed by atoms with Crippen LogP contribution < -0.4 is 16.0 Å². The third-order valence-corrected chi connectivity index (χ3v) is 3.54. The van der Waals surface area contributed by atoms with Crippen molar-refractivity contribution in [2.24, 2.45) is 0 Å². The van der Waals surface area contributed by atoms with Crippen molar-refractivity contribution in [1.29, 1.82) is 0 Å². The molecule has 2 aromatic rings. The van der Waals surface area contributed by atoms with Gasteiger partial charge < -0.3 is 4.74 Å². The number of rotatable bonds is 4. The maximum atomic E-state index is 11.9. The molecule has 0 fully saturated rings. The van der Waals surface area contributed by atoms with Crippen molar-refractivity contribution >= 4 is 15.9 Å². The van der Waals surface area contributed by atoms with Gasteiger partial charge in [0.2, 0.25) is 0 Å². The van der Waals surface area contributed by atoms with E-state index in [1.54, 1.807) is 13.3 Å². The molecular formula is C14H15BrN2O3. The lowest BCUT2D eigenvalue weighted by Gasteiger charge is -2.11. The molecule has 106 valence electrons. The van der Waals surface area contributed by atoms with Crippen LogP contribution in [0.25, 0.3) is 0 Å². The number of H-pyrrole nitrogens is 1. The van der Waals surface area contributed by atoms with Gasteiger partial charge in [-0.1, -0.05) is 22.9 Å². The molecule has 6 heteroatoms. The second kappa shape index (κ2) is 6.09. The second-order valence-electron chi connectivity index (χ2n) is 4.35. The first-order chi connectivity index (χ1) is 9.55. The number of halogens is 1. The van der Waals surface area contributed by atoms with Crippen LogP contribution in [0.5, 0.6) is 5.75 Å². The SMILES string of the molecule is CCc1cn(Cc2cc(Br)ccc2OC)c(=O)[nH]c1=O. The highest BCUT2D eigenvalue weighted by atomic mass is 79.9. The molecule has 5 nitrogen and oxygen atoms in total. The highest BCUT2D eigenvalue weighted by Crippen LogP contribution is 2.23. The zero-order chi connectivity index (χ0) is 14.7. The van der Waals surface area contributed by atoms with Crippen molar-refractivity contribution in [2.45, 2.75) is 19.9 Å². The Hall–Kier alpha value is -1.82. The normalized spacial score (nSPS) is 10.6. The van der Waals surface area contributed by atoms with Gasteiger partial charge in [0.15, 0.2) is 0 Å². The average molecular weight is 339 g/mol. The number of nitrogens with one attached hydrogen (secondary N) is 1. The molecule has 0 bridgehead atoms. The molecular weight excluding hydrogens is 324 g/mol. The zero-order valence-electron chi connectivity index (χ0n) is 11.3. The standard InChI is InChI=1S/C14H15BrN2O3/c1-3-9-7-17(14(19)16-13(9)18)8-10-6-11(15)4-5-12(10)20-2/h4-7H,3,8H2,1-2H3,(H,16,18,19). The molecule has 0 saturated heterocycles. The van der Waals surface area contributed by atoms with Crippen LogP contribution >= 0.6 is 15.9 Å². The fraction of sp³-hybridized carbons (Fsp3) is 0.286. The molecule has 0 atom stereocenters. The summed E-state index contributed by atoms with van der Waals surface area (Å²) in [6, 6.07) is 5.59. The van der Waals surface area contributed by atoms with E-state index in [-0.39, 0.29) is 5.56 Å². The summed E-state index contributed by atoms with van der Waals surface area (Å²) < 4.78 is 7.67. The van der Waals surface area contributed by atoms with Crippen LogP contribution in [-0.2, 0) is 13.0 Å². The van der Waals surface area contributed by atoms with Crippen molar-refractivity contribution < 1.29 is 4.74 Å². The van der Waals surface area contributed by atoms with Gasteiger partial charge in [0, 0.05) is 21.8 Å². The molecule has 1 N–H and O–H groups in total. The van der Waals surface area contributed by atoms with Crippen molar-refractivity contribution in [1.82, 2.24) is 9.55 Å². The van der Waals surface area contributed by atoms with E-state index in [2.05, 4.69) is 20.9 Å². The summed E-state index contributed by atoms with van der Waals surface area (Å²) in [5.74, 6) is 0.698. The summed E-state index contributed by atoms with van der Waals surface area (Å²) in [7, 11) is 1.58. The first-order valence-electron chi connectivity index (χ1n) is 6.20. The van der Waals surface area contributed by atoms with Gasteiger partial charge >= 0.3 is 5.69 Å². The monoisotopic (exact) mass is 338 g/mol. The number of hydrogen-bond donors (Lipinski definition) is 1. The Balaban J connectivity index is 2.47. The highest BCUT2D eigenvalue weighted by Gasteiger charge is 2.08. The van der Waals surface area contributed by atoms with Crippen molar-refractivity contribution in [3.05, 3.63) is 60.8 Å². The third-order valence-electron chi connectivity index (χ3n) is 3.05. The lowest BCUT2D eigenvalue weighted by Crippen LogP contribution is -2.31. The molecule has 1 aromatic carbocycles. The van der Waals surface area contributed by atoms with Crippen molar-refractivity contribution in [2.75, 3.05) is 7.11 Å². The molecule has 1 heterocycles. The van der Waals surface area contributed by atoms with Gasteiger partial charge in [0.25, 0.3) is 5.56 Å². The Labute approximate surface area is 124 Å². The van der Waals surface area contributed by atoms with Gasteiger partial charge in [-0.15, -0.1) is 0 Å². The third kappa shape index (κ3) is 3.01. The van der Waals surface area contributed by atoms with Crippen LogP contribution in [0, 0.1) is 0 Å². The number of aromatic amines is 1. The minimum Gasteiger partial charge on any atom is -0.496 e. The number of aryl methyl sites for hydroxylation is 1. The van der Waals surface area contributed by atoms with E-state index in [4.69, 9.17) is 4.74 Å². The molecule has 20 heavy (non-hydrogen) atoms. The molecule has 0 aliphatic carbocycles. The second-order valence-corrected chi connectivity index (χ2v) is 5.27.